The maximum absolute atomic E-state index is 12.4. The molecule has 4 heteroatoms. The van der Waals surface area contributed by atoms with Gasteiger partial charge in [0, 0.05) is 5.69 Å². The Morgan fingerprint density at radius 2 is 1.77 bits per heavy atom. The molecule has 0 heterocycles. The fourth-order valence-corrected chi connectivity index (χ4v) is 1.91. The van der Waals surface area contributed by atoms with E-state index in [-0.39, 0.29) is 5.91 Å². The topological polar surface area (TPSA) is 47.6 Å². The van der Waals surface area contributed by atoms with E-state index in [2.05, 4.69) is 19.2 Å². The van der Waals surface area contributed by atoms with Gasteiger partial charge in [-0.3, -0.25) is 4.79 Å². The molecule has 0 aromatic heterocycles. The van der Waals surface area contributed by atoms with Crippen LogP contribution < -0.4 is 14.8 Å². The quantitative estimate of drug-likeness (QED) is 0.877. The van der Waals surface area contributed by atoms with E-state index in [1.807, 2.05) is 18.2 Å². The van der Waals surface area contributed by atoms with Gasteiger partial charge in [-0.05, 0) is 42.3 Å². The van der Waals surface area contributed by atoms with E-state index in [4.69, 9.17) is 9.47 Å². The molecule has 0 saturated carbocycles. The van der Waals surface area contributed by atoms with Crippen molar-refractivity contribution in [2.24, 2.45) is 5.92 Å². The van der Waals surface area contributed by atoms with Crippen molar-refractivity contribution < 1.29 is 14.3 Å². The summed E-state index contributed by atoms with van der Waals surface area (Å²) in [6.45, 7) is 4.72. The molecule has 1 amide bonds. The number of nitrogens with one attached hydrogen (secondary N) is 1. The SMILES string of the molecule is COc1ccc(NC(=O)c2ccccc2OCC(C)C)cc1. The third-order valence-electron chi connectivity index (χ3n) is 3.05. The average Bonchev–Trinajstić information content (AvgIpc) is 2.54. The van der Waals surface area contributed by atoms with E-state index in [0.717, 1.165) is 5.75 Å². The molecule has 0 radical (unpaired) electrons. The number of hydrogen-bond donors (Lipinski definition) is 1. The molecule has 1 N–H and O–H groups in total. The molecule has 0 unspecified atom stereocenters. The Morgan fingerprint density at radius 1 is 1.09 bits per heavy atom. The predicted octanol–water partition coefficient (Wildman–Crippen LogP) is 3.98. The van der Waals surface area contributed by atoms with Gasteiger partial charge in [0.1, 0.15) is 11.5 Å². The van der Waals surface area contributed by atoms with Crippen LogP contribution in [0.1, 0.15) is 24.2 Å². The van der Waals surface area contributed by atoms with Crippen molar-refractivity contribution in [2.45, 2.75) is 13.8 Å². The molecular weight excluding hydrogens is 278 g/mol. The molecule has 116 valence electrons. The molecule has 0 bridgehead atoms. The molecule has 0 spiro atoms. The number of carbonyl (C=O) groups excluding carboxylic acids is 1. The van der Waals surface area contributed by atoms with E-state index in [1.165, 1.54) is 0 Å². The van der Waals surface area contributed by atoms with Crippen LogP contribution >= 0.6 is 0 Å². The number of methoxy groups -OCH3 is 1. The zero-order valence-corrected chi connectivity index (χ0v) is 13.1. The van der Waals surface area contributed by atoms with E-state index < -0.39 is 0 Å². The number of amides is 1. The fraction of sp³-hybridized carbons (Fsp3) is 0.278. The number of anilines is 1. The highest BCUT2D eigenvalue weighted by Crippen LogP contribution is 2.21. The van der Waals surface area contributed by atoms with Crippen LogP contribution in [0.5, 0.6) is 11.5 Å². The molecule has 0 aliphatic rings. The van der Waals surface area contributed by atoms with Crippen LogP contribution in [0.4, 0.5) is 5.69 Å². The van der Waals surface area contributed by atoms with Gasteiger partial charge in [0.15, 0.2) is 0 Å². The smallest absolute Gasteiger partial charge is 0.259 e. The van der Waals surface area contributed by atoms with Crippen LogP contribution in [-0.4, -0.2) is 19.6 Å². The van der Waals surface area contributed by atoms with Crippen LogP contribution in [0.3, 0.4) is 0 Å². The maximum Gasteiger partial charge on any atom is 0.259 e. The van der Waals surface area contributed by atoms with Gasteiger partial charge >= 0.3 is 0 Å². The Hall–Kier alpha value is -2.49. The van der Waals surface area contributed by atoms with Gasteiger partial charge in [-0.1, -0.05) is 26.0 Å². The summed E-state index contributed by atoms with van der Waals surface area (Å²) in [4.78, 5) is 12.4. The first kappa shape index (κ1) is 15.9. The number of rotatable bonds is 6. The number of para-hydroxylation sites is 1. The molecular formula is C18H21NO3. The lowest BCUT2D eigenvalue weighted by Gasteiger charge is -2.13. The first-order valence-corrected chi connectivity index (χ1v) is 7.27. The summed E-state index contributed by atoms with van der Waals surface area (Å²) < 4.78 is 10.8. The van der Waals surface area contributed by atoms with E-state index in [0.29, 0.717) is 29.5 Å². The van der Waals surface area contributed by atoms with Crippen LogP contribution in [0.15, 0.2) is 48.5 Å². The molecule has 2 aromatic rings. The van der Waals surface area contributed by atoms with Gasteiger partial charge in [-0.2, -0.15) is 0 Å². The highest BCUT2D eigenvalue weighted by molar-refractivity contribution is 6.06. The Bertz CT molecular complexity index is 620. The van der Waals surface area contributed by atoms with Crippen LogP contribution in [0.25, 0.3) is 0 Å². The Balaban J connectivity index is 2.11. The van der Waals surface area contributed by atoms with Crippen molar-refractivity contribution in [3.63, 3.8) is 0 Å². The Morgan fingerprint density at radius 3 is 2.41 bits per heavy atom. The molecule has 0 aliphatic heterocycles. The van der Waals surface area contributed by atoms with Crippen molar-refractivity contribution in [1.82, 2.24) is 0 Å². The highest BCUT2D eigenvalue weighted by atomic mass is 16.5. The lowest BCUT2D eigenvalue weighted by atomic mass is 10.1. The standard InChI is InChI=1S/C18H21NO3/c1-13(2)12-22-17-7-5-4-6-16(17)18(20)19-14-8-10-15(21-3)11-9-14/h4-11,13H,12H2,1-3H3,(H,19,20). The van der Waals surface area contributed by atoms with E-state index in [1.54, 1.807) is 37.4 Å². The molecule has 0 aliphatic carbocycles. The normalized spacial score (nSPS) is 10.4. The fourth-order valence-electron chi connectivity index (χ4n) is 1.91. The highest BCUT2D eigenvalue weighted by Gasteiger charge is 2.12. The average molecular weight is 299 g/mol. The van der Waals surface area contributed by atoms with Gasteiger partial charge in [0.25, 0.3) is 5.91 Å². The number of hydrogen-bond acceptors (Lipinski definition) is 3. The molecule has 22 heavy (non-hydrogen) atoms. The summed E-state index contributed by atoms with van der Waals surface area (Å²) >= 11 is 0. The Labute approximate surface area is 131 Å². The van der Waals surface area contributed by atoms with Crippen molar-refractivity contribution >= 4 is 11.6 Å². The number of ether oxygens (including phenoxy) is 2. The molecule has 0 saturated heterocycles. The number of benzene rings is 2. The van der Waals surface area contributed by atoms with Gasteiger partial charge < -0.3 is 14.8 Å². The summed E-state index contributed by atoms with van der Waals surface area (Å²) in [5.41, 5.74) is 1.24. The molecule has 4 nitrogen and oxygen atoms in total. The molecule has 0 fully saturated rings. The van der Waals surface area contributed by atoms with Crippen LogP contribution in [-0.2, 0) is 0 Å². The second kappa shape index (κ2) is 7.50. The first-order valence-electron chi connectivity index (χ1n) is 7.27. The minimum absolute atomic E-state index is 0.190. The summed E-state index contributed by atoms with van der Waals surface area (Å²) in [5.74, 6) is 1.56. The third-order valence-corrected chi connectivity index (χ3v) is 3.05. The molecule has 2 aromatic carbocycles. The summed E-state index contributed by atoms with van der Waals surface area (Å²) in [7, 11) is 1.61. The molecule has 2 rings (SSSR count). The minimum Gasteiger partial charge on any atom is -0.497 e. The lowest BCUT2D eigenvalue weighted by Crippen LogP contribution is -2.14. The summed E-state index contributed by atoms with van der Waals surface area (Å²) in [6.07, 6.45) is 0. The zero-order valence-electron chi connectivity index (χ0n) is 13.1. The maximum atomic E-state index is 12.4. The second-order valence-corrected chi connectivity index (χ2v) is 5.38. The molecule has 0 atom stereocenters. The predicted molar refractivity (Wildman–Crippen MR) is 87.7 cm³/mol. The van der Waals surface area contributed by atoms with Crippen molar-refractivity contribution in [3.05, 3.63) is 54.1 Å². The summed E-state index contributed by atoms with van der Waals surface area (Å²) in [5, 5.41) is 2.86. The number of carbonyl (C=O) groups is 1. The zero-order chi connectivity index (χ0) is 15.9. The third kappa shape index (κ3) is 4.25. The van der Waals surface area contributed by atoms with Gasteiger partial charge in [-0.25, -0.2) is 0 Å². The van der Waals surface area contributed by atoms with E-state index in [9.17, 15) is 4.79 Å². The first-order chi connectivity index (χ1) is 10.6. The van der Waals surface area contributed by atoms with Crippen molar-refractivity contribution in [1.29, 1.82) is 0 Å². The lowest BCUT2D eigenvalue weighted by molar-refractivity contribution is 0.102. The largest absolute Gasteiger partial charge is 0.497 e. The van der Waals surface area contributed by atoms with Crippen molar-refractivity contribution in [3.8, 4) is 11.5 Å². The van der Waals surface area contributed by atoms with Gasteiger partial charge in [0.2, 0.25) is 0 Å². The van der Waals surface area contributed by atoms with E-state index >= 15 is 0 Å². The van der Waals surface area contributed by atoms with Crippen molar-refractivity contribution in [2.75, 3.05) is 19.0 Å². The van der Waals surface area contributed by atoms with Gasteiger partial charge in [-0.15, -0.1) is 0 Å². The minimum atomic E-state index is -0.190. The second-order valence-electron chi connectivity index (χ2n) is 5.38. The van der Waals surface area contributed by atoms with Crippen LogP contribution in [0.2, 0.25) is 0 Å². The summed E-state index contributed by atoms with van der Waals surface area (Å²) in [6, 6.07) is 14.5. The Kier molecular flexibility index (Phi) is 5.42. The monoisotopic (exact) mass is 299 g/mol. The van der Waals surface area contributed by atoms with Crippen LogP contribution in [0, 0.1) is 5.92 Å². The van der Waals surface area contributed by atoms with Gasteiger partial charge in [0.05, 0.1) is 19.3 Å².